The molecule has 1 heterocycles. The predicted molar refractivity (Wildman–Crippen MR) is 116 cm³/mol. The van der Waals surface area contributed by atoms with Crippen molar-refractivity contribution in [2.45, 2.75) is 39.0 Å². The van der Waals surface area contributed by atoms with Gasteiger partial charge in [0, 0.05) is 16.9 Å². The highest BCUT2D eigenvalue weighted by atomic mass is 35.5. The number of allylic oxidation sites excluding steroid dienone is 4. The van der Waals surface area contributed by atoms with E-state index in [0.717, 1.165) is 29.2 Å². The third kappa shape index (κ3) is 2.12. The lowest BCUT2D eigenvalue weighted by Gasteiger charge is -2.52. The molecule has 0 spiro atoms. The van der Waals surface area contributed by atoms with Crippen LogP contribution in [0.5, 0.6) is 0 Å². The molecule has 3 nitrogen and oxygen atoms in total. The van der Waals surface area contributed by atoms with E-state index < -0.39 is 0 Å². The van der Waals surface area contributed by atoms with Crippen molar-refractivity contribution in [3.05, 3.63) is 52.1 Å². The number of rotatable bonds is 1. The van der Waals surface area contributed by atoms with E-state index in [0.29, 0.717) is 10.7 Å². The van der Waals surface area contributed by atoms with E-state index in [1.807, 2.05) is 19.1 Å². The summed E-state index contributed by atoms with van der Waals surface area (Å²) in [6.45, 7) is 1.93. The molecular formula is C26H26ClNO2. The van der Waals surface area contributed by atoms with Gasteiger partial charge in [-0.1, -0.05) is 41.0 Å². The molecule has 6 bridgehead atoms. The van der Waals surface area contributed by atoms with Crippen LogP contribution in [0.25, 0.3) is 0 Å². The fraction of sp³-hybridized carbons (Fsp3) is 0.538. The van der Waals surface area contributed by atoms with E-state index in [-0.39, 0.29) is 35.5 Å². The van der Waals surface area contributed by atoms with Gasteiger partial charge in [0.15, 0.2) is 0 Å². The first-order valence-electron chi connectivity index (χ1n) is 11.6. The lowest BCUT2D eigenvalue weighted by Crippen LogP contribution is -2.41. The molecule has 8 rings (SSSR count). The fourth-order valence-electron chi connectivity index (χ4n) is 8.29. The summed E-state index contributed by atoms with van der Waals surface area (Å²) in [4.78, 5) is 28.5. The standard InChI is InChI=1S/C26H26ClNO2/c1-12-2-3-17(11-20(12)27)28-25(29)23-18-4-5-19(24(23)26(28)30)22(18)21-15-7-13-6-14(9-15)10-16(21)8-13/h2-5,11,13-16,18-19,23-24H,6-10H2,1H3/t13?,14?,15?,16?,18-,19-,23+,24+/m1/s1. The maximum absolute atomic E-state index is 13.5. The maximum Gasteiger partial charge on any atom is 0.238 e. The minimum atomic E-state index is -0.215. The van der Waals surface area contributed by atoms with Crippen LogP contribution in [0.15, 0.2) is 41.5 Å². The molecule has 0 unspecified atom stereocenters. The average molecular weight is 420 g/mol. The summed E-state index contributed by atoms with van der Waals surface area (Å²) in [5.74, 6) is 3.08. The van der Waals surface area contributed by atoms with Gasteiger partial charge in [0.05, 0.1) is 17.5 Å². The van der Waals surface area contributed by atoms with Crippen molar-refractivity contribution in [2.24, 2.45) is 47.3 Å². The molecule has 1 aromatic rings. The van der Waals surface area contributed by atoms with Crippen molar-refractivity contribution in [2.75, 3.05) is 4.90 Å². The lowest BCUT2D eigenvalue weighted by molar-refractivity contribution is -0.122. The van der Waals surface area contributed by atoms with Crippen LogP contribution in [-0.2, 0) is 9.59 Å². The number of hydrogen-bond acceptors (Lipinski definition) is 2. The van der Waals surface area contributed by atoms with Gasteiger partial charge in [0.25, 0.3) is 0 Å². The van der Waals surface area contributed by atoms with E-state index in [2.05, 4.69) is 12.2 Å². The van der Waals surface area contributed by atoms with E-state index in [9.17, 15) is 9.59 Å². The molecule has 1 saturated heterocycles. The molecule has 5 saturated carbocycles. The van der Waals surface area contributed by atoms with Crippen LogP contribution in [0.2, 0.25) is 5.02 Å². The number of fused-ring (bicyclic) bond motifs is 5. The summed E-state index contributed by atoms with van der Waals surface area (Å²) in [7, 11) is 0. The third-order valence-corrected chi connectivity index (χ3v) is 9.59. The Balaban J connectivity index is 1.28. The number of hydrogen-bond donors (Lipinski definition) is 0. The molecule has 2 amide bonds. The Morgan fingerprint density at radius 1 is 0.833 bits per heavy atom. The van der Waals surface area contributed by atoms with E-state index in [1.165, 1.54) is 42.6 Å². The molecule has 4 atom stereocenters. The normalized spacial score (nSPS) is 42.8. The van der Waals surface area contributed by atoms with Crippen molar-refractivity contribution >= 4 is 29.1 Å². The number of amides is 2. The zero-order valence-electron chi connectivity index (χ0n) is 17.2. The monoisotopic (exact) mass is 419 g/mol. The summed E-state index contributed by atoms with van der Waals surface area (Å²) < 4.78 is 0. The number of carbonyl (C=O) groups is 2. The molecule has 0 aromatic heterocycles. The SMILES string of the molecule is Cc1ccc(N2C(=O)[C@@H]3[C@@H](C2=O)[C@@H]2C=C[C@@H]3C2=C2C3CC4CC(C3)CC2C4)cc1Cl. The molecule has 1 aromatic carbocycles. The largest absolute Gasteiger partial charge is 0.274 e. The Hall–Kier alpha value is -1.87. The Morgan fingerprint density at radius 3 is 1.93 bits per heavy atom. The van der Waals surface area contributed by atoms with E-state index in [1.54, 1.807) is 11.6 Å². The highest BCUT2D eigenvalue weighted by Gasteiger charge is 2.63. The molecule has 6 fully saturated rings. The van der Waals surface area contributed by atoms with Gasteiger partial charge in [-0.25, -0.2) is 4.90 Å². The van der Waals surface area contributed by atoms with Crippen LogP contribution < -0.4 is 4.90 Å². The summed E-state index contributed by atoms with van der Waals surface area (Å²) in [6.07, 6.45) is 11.3. The second kappa shape index (κ2) is 5.88. The smallest absolute Gasteiger partial charge is 0.238 e. The number of aryl methyl sites for hydroxylation is 1. The van der Waals surface area contributed by atoms with Crippen molar-refractivity contribution in [1.29, 1.82) is 0 Å². The van der Waals surface area contributed by atoms with Crippen LogP contribution in [0.1, 0.15) is 37.7 Å². The second-order valence-corrected chi connectivity index (χ2v) is 11.1. The lowest BCUT2D eigenvalue weighted by atomic mass is 9.53. The Labute approximate surface area is 182 Å². The van der Waals surface area contributed by atoms with Crippen molar-refractivity contribution < 1.29 is 9.59 Å². The molecule has 1 aliphatic heterocycles. The molecule has 154 valence electrons. The Bertz CT molecular complexity index is 1000. The van der Waals surface area contributed by atoms with Gasteiger partial charge in [0.2, 0.25) is 11.8 Å². The molecule has 30 heavy (non-hydrogen) atoms. The third-order valence-electron chi connectivity index (χ3n) is 9.18. The highest BCUT2D eigenvalue weighted by Crippen LogP contribution is 2.63. The van der Waals surface area contributed by atoms with Gasteiger partial charge in [0.1, 0.15) is 0 Å². The zero-order valence-corrected chi connectivity index (χ0v) is 17.9. The Morgan fingerprint density at radius 2 is 1.40 bits per heavy atom. The van der Waals surface area contributed by atoms with Gasteiger partial charge in [-0.2, -0.15) is 0 Å². The van der Waals surface area contributed by atoms with Crippen LogP contribution in [-0.4, -0.2) is 11.8 Å². The number of imide groups is 1. The van der Waals surface area contributed by atoms with Gasteiger partial charge >= 0.3 is 0 Å². The molecule has 4 heteroatoms. The number of carbonyl (C=O) groups excluding carboxylic acids is 2. The summed E-state index contributed by atoms with van der Waals surface area (Å²) >= 11 is 6.30. The van der Waals surface area contributed by atoms with Crippen LogP contribution in [0.3, 0.4) is 0 Å². The van der Waals surface area contributed by atoms with Gasteiger partial charge in [-0.05, 0) is 80.4 Å². The topological polar surface area (TPSA) is 37.4 Å². The molecule has 7 aliphatic rings. The minimum Gasteiger partial charge on any atom is -0.274 e. The van der Waals surface area contributed by atoms with Crippen molar-refractivity contribution in [1.82, 2.24) is 0 Å². The van der Waals surface area contributed by atoms with Crippen LogP contribution in [0.4, 0.5) is 5.69 Å². The van der Waals surface area contributed by atoms with Gasteiger partial charge in [-0.3, -0.25) is 9.59 Å². The van der Waals surface area contributed by atoms with Crippen LogP contribution >= 0.6 is 11.6 Å². The first kappa shape index (κ1) is 17.8. The number of halogens is 1. The molecular weight excluding hydrogens is 394 g/mol. The summed E-state index contributed by atoms with van der Waals surface area (Å²) in [5, 5.41) is 0.600. The Kier molecular flexibility index (Phi) is 3.48. The summed E-state index contributed by atoms with van der Waals surface area (Å²) in [5.41, 5.74) is 4.75. The van der Waals surface area contributed by atoms with Crippen molar-refractivity contribution in [3.8, 4) is 0 Å². The average Bonchev–Trinajstić information content (AvgIpc) is 3.33. The van der Waals surface area contributed by atoms with Gasteiger partial charge < -0.3 is 0 Å². The van der Waals surface area contributed by atoms with Gasteiger partial charge in [-0.15, -0.1) is 0 Å². The van der Waals surface area contributed by atoms with Crippen LogP contribution in [0, 0.1) is 54.3 Å². The first-order chi connectivity index (χ1) is 14.5. The highest BCUT2D eigenvalue weighted by molar-refractivity contribution is 6.32. The zero-order chi connectivity index (χ0) is 20.3. The number of nitrogens with zero attached hydrogens (tertiary/aromatic N) is 1. The second-order valence-electron chi connectivity index (χ2n) is 10.6. The predicted octanol–water partition coefficient (Wildman–Crippen LogP) is 5.32. The summed E-state index contributed by atoms with van der Waals surface area (Å²) in [6, 6.07) is 5.51. The minimum absolute atomic E-state index is 0.0244. The first-order valence-corrected chi connectivity index (χ1v) is 11.9. The quantitative estimate of drug-likeness (QED) is 0.456. The van der Waals surface area contributed by atoms with E-state index in [4.69, 9.17) is 11.6 Å². The number of anilines is 1. The molecule has 0 radical (unpaired) electrons. The molecule has 6 aliphatic carbocycles. The maximum atomic E-state index is 13.5. The molecule has 0 N–H and O–H groups in total. The number of benzene rings is 1. The van der Waals surface area contributed by atoms with Crippen molar-refractivity contribution in [3.63, 3.8) is 0 Å². The van der Waals surface area contributed by atoms with E-state index >= 15 is 0 Å². The fourth-order valence-corrected chi connectivity index (χ4v) is 8.46.